The van der Waals surface area contributed by atoms with Crippen LogP contribution < -0.4 is 10.5 Å². The van der Waals surface area contributed by atoms with E-state index < -0.39 is 0 Å². The van der Waals surface area contributed by atoms with Crippen LogP contribution in [0.2, 0.25) is 0 Å². The van der Waals surface area contributed by atoms with Gasteiger partial charge in [-0.25, -0.2) is 9.37 Å². The fourth-order valence-electron chi connectivity index (χ4n) is 3.55. The molecule has 31 heavy (non-hydrogen) atoms. The third-order valence-corrected chi connectivity index (χ3v) is 6.13. The molecule has 0 aliphatic carbocycles. The molecule has 0 N–H and O–H groups in total. The van der Waals surface area contributed by atoms with Gasteiger partial charge in [0.25, 0.3) is 5.56 Å². The van der Waals surface area contributed by atoms with Crippen molar-refractivity contribution in [3.63, 3.8) is 0 Å². The van der Waals surface area contributed by atoms with E-state index in [2.05, 4.69) is 4.98 Å². The molecule has 0 saturated carbocycles. The summed E-state index contributed by atoms with van der Waals surface area (Å²) in [5, 5.41) is 2.53. The van der Waals surface area contributed by atoms with Gasteiger partial charge in [-0.05, 0) is 43.7 Å². The predicted octanol–water partition coefficient (Wildman–Crippen LogP) is 5.02. The first kappa shape index (κ1) is 20.9. The molecule has 5 nitrogen and oxygen atoms in total. The fourth-order valence-corrected chi connectivity index (χ4v) is 4.45. The van der Waals surface area contributed by atoms with Crippen LogP contribution in [0.3, 0.4) is 0 Å². The fraction of sp³-hybridized carbons (Fsp3) is 0.208. The van der Waals surface area contributed by atoms with Gasteiger partial charge in [0.15, 0.2) is 0 Å². The molecule has 0 spiro atoms. The van der Waals surface area contributed by atoms with Gasteiger partial charge < -0.3 is 4.90 Å². The average molecular weight is 436 g/mol. The largest absolute Gasteiger partial charge is 0.313 e. The number of aryl methyl sites for hydroxylation is 2. The Morgan fingerprint density at radius 1 is 1.13 bits per heavy atom. The van der Waals surface area contributed by atoms with Gasteiger partial charge in [-0.2, -0.15) is 0 Å². The number of nitrogens with zero attached hydrogens (tertiary/aromatic N) is 3. The maximum Gasteiger partial charge on any atom is 0.262 e. The molecule has 2 heterocycles. The second-order valence-corrected chi connectivity index (χ2v) is 8.16. The molecular weight excluding hydrogens is 413 g/mol. The molecule has 0 saturated heterocycles. The van der Waals surface area contributed by atoms with Crippen LogP contribution in [0.15, 0.2) is 65.0 Å². The molecule has 7 heteroatoms. The molecule has 4 rings (SSSR count). The maximum atomic E-state index is 13.2. The number of carbonyl (C=O) groups is 1. The number of benzene rings is 2. The Morgan fingerprint density at radius 3 is 2.52 bits per heavy atom. The zero-order chi connectivity index (χ0) is 22.0. The van der Waals surface area contributed by atoms with Crippen LogP contribution in [0.1, 0.15) is 18.9 Å². The Morgan fingerprint density at radius 2 is 1.84 bits per heavy atom. The number of anilines is 1. The average Bonchev–Trinajstić information content (AvgIpc) is 3.20. The van der Waals surface area contributed by atoms with E-state index in [1.165, 1.54) is 34.4 Å². The van der Waals surface area contributed by atoms with Gasteiger partial charge in [0.1, 0.15) is 10.6 Å². The number of hydrogen-bond donors (Lipinski definition) is 0. The highest BCUT2D eigenvalue weighted by molar-refractivity contribution is 7.17. The summed E-state index contributed by atoms with van der Waals surface area (Å²) in [5.74, 6) is -0.483. The summed E-state index contributed by atoms with van der Waals surface area (Å²) < 4.78 is 14.7. The van der Waals surface area contributed by atoms with Crippen LogP contribution >= 0.6 is 11.3 Å². The Hall–Kier alpha value is -3.32. The van der Waals surface area contributed by atoms with Crippen molar-refractivity contribution in [1.82, 2.24) is 9.55 Å². The van der Waals surface area contributed by atoms with Crippen LogP contribution in [0, 0.1) is 12.7 Å². The van der Waals surface area contributed by atoms with Crippen molar-refractivity contribution in [2.75, 3.05) is 11.4 Å². The lowest BCUT2D eigenvalue weighted by Gasteiger charge is -2.21. The van der Waals surface area contributed by atoms with Crippen molar-refractivity contribution < 1.29 is 9.18 Å². The molecule has 0 aliphatic heterocycles. The summed E-state index contributed by atoms with van der Waals surface area (Å²) in [6.07, 6.45) is 1.64. The molecular formula is C24H22FN3O2S. The molecule has 0 unspecified atom stereocenters. The molecule has 2 aromatic carbocycles. The normalized spacial score (nSPS) is 11.1. The predicted molar refractivity (Wildman–Crippen MR) is 123 cm³/mol. The Labute approximate surface area is 183 Å². The zero-order valence-electron chi connectivity index (χ0n) is 17.3. The number of carbonyl (C=O) groups excluding carboxylic acids is 1. The van der Waals surface area contributed by atoms with Gasteiger partial charge in [0.05, 0.1) is 11.7 Å². The Balaban J connectivity index is 1.58. The van der Waals surface area contributed by atoms with E-state index in [-0.39, 0.29) is 30.2 Å². The van der Waals surface area contributed by atoms with E-state index in [4.69, 9.17) is 0 Å². The Kier molecular flexibility index (Phi) is 5.95. The van der Waals surface area contributed by atoms with Crippen molar-refractivity contribution in [3.05, 3.63) is 82.0 Å². The van der Waals surface area contributed by atoms with Crippen LogP contribution in [0.5, 0.6) is 0 Å². The van der Waals surface area contributed by atoms with E-state index in [1.54, 1.807) is 17.0 Å². The summed E-state index contributed by atoms with van der Waals surface area (Å²) >= 11 is 1.44. The van der Waals surface area contributed by atoms with Crippen LogP contribution in [-0.2, 0) is 11.3 Å². The van der Waals surface area contributed by atoms with Gasteiger partial charge in [0, 0.05) is 36.1 Å². The molecule has 2 aromatic heterocycles. The summed E-state index contributed by atoms with van der Waals surface area (Å²) in [6.45, 7) is 4.56. The van der Waals surface area contributed by atoms with Crippen molar-refractivity contribution in [2.45, 2.75) is 26.8 Å². The van der Waals surface area contributed by atoms with E-state index >= 15 is 0 Å². The highest BCUT2D eigenvalue weighted by Gasteiger charge is 2.17. The van der Waals surface area contributed by atoms with Gasteiger partial charge in [-0.1, -0.05) is 29.8 Å². The summed E-state index contributed by atoms with van der Waals surface area (Å²) in [4.78, 5) is 32.6. The quantitative estimate of drug-likeness (QED) is 0.428. The van der Waals surface area contributed by atoms with Crippen molar-refractivity contribution >= 4 is 33.1 Å². The number of rotatable bonds is 6. The number of halogens is 1. The van der Waals surface area contributed by atoms with Crippen molar-refractivity contribution in [1.29, 1.82) is 0 Å². The number of fused-ring (bicyclic) bond motifs is 1. The molecule has 0 radical (unpaired) electrons. The number of amides is 1. The molecule has 1 amide bonds. The van der Waals surface area contributed by atoms with Crippen LogP contribution in [0.25, 0.3) is 21.3 Å². The first-order valence-corrected chi connectivity index (χ1v) is 11.0. The van der Waals surface area contributed by atoms with Crippen molar-refractivity contribution in [3.8, 4) is 11.1 Å². The topological polar surface area (TPSA) is 55.2 Å². The standard InChI is InChI=1S/C24H22FN3O2S/c1-3-28(19-10-8-18(25)9-11-19)21(29)12-13-27-15-26-23-22(24(27)30)20(14-31-23)17-6-4-16(2)5-7-17/h4-11,14-15H,3,12-13H2,1-2H3. The second-order valence-electron chi connectivity index (χ2n) is 7.30. The molecule has 4 aromatic rings. The first-order chi connectivity index (χ1) is 15.0. The minimum Gasteiger partial charge on any atom is -0.313 e. The lowest BCUT2D eigenvalue weighted by atomic mass is 10.1. The zero-order valence-corrected chi connectivity index (χ0v) is 18.2. The first-order valence-electron chi connectivity index (χ1n) is 10.1. The van der Waals surface area contributed by atoms with Gasteiger partial charge in [-0.15, -0.1) is 11.3 Å². The maximum absolute atomic E-state index is 13.2. The van der Waals surface area contributed by atoms with Crippen molar-refractivity contribution in [2.24, 2.45) is 0 Å². The lowest BCUT2D eigenvalue weighted by molar-refractivity contribution is -0.118. The summed E-state index contributed by atoms with van der Waals surface area (Å²) in [6, 6.07) is 13.8. The summed E-state index contributed by atoms with van der Waals surface area (Å²) in [5.41, 5.74) is 3.46. The van der Waals surface area contributed by atoms with Crippen LogP contribution in [0.4, 0.5) is 10.1 Å². The van der Waals surface area contributed by atoms with E-state index in [0.717, 1.165) is 16.7 Å². The summed E-state index contributed by atoms with van der Waals surface area (Å²) in [7, 11) is 0. The number of aromatic nitrogens is 2. The van der Waals surface area contributed by atoms with Gasteiger partial charge in [-0.3, -0.25) is 14.2 Å². The lowest BCUT2D eigenvalue weighted by Crippen LogP contribution is -2.32. The molecule has 158 valence electrons. The SMILES string of the molecule is CCN(C(=O)CCn1cnc2scc(-c3ccc(C)cc3)c2c1=O)c1ccc(F)cc1. The van der Waals surface area contributed by atoms with E-state index in [0.29, 0.717) is 22.4 Å². The minimum atomic E-state index is -0.349. The van der Waals surface area contributed by atoms with E-state index in [1.807, 2.05) is 43.5 Å². The van der Waals surface area contributed by atoms with Gasteiger partial charge in [0.2, 0.25) is 5.91 Å². The highest BCUT2D eigenvalue weighted by Crippen LogP contribution is 2.30. The number of hydrogen-bond acceptors (Lipinski definition) is 4. The molecule has 0 aliphatic rings. The third-order valence-electron chi connectivity index (χ3n) is 5.25. The van der Waals surface area contributed by atoms with Gasteiger partial charge >= 0.3 is 0 Å². The Bertz CT molecular complexity index is 1280. The molecule has 0 bridgehead atoms. The smallest absolute Gasteiger partial charge is 0.262 e. The van der Waals surface area contributed by atoms with E-state index in [9.17, 15) is 14.0 Å². The number of thiophene rings is 1. The van der Waals surface area contributed by atoms with Crippen LogP contribution in [-0.4, -0.2) is 22.0 Å². The molecule has 0 atom stereocenters. The monoisotopic (exact) mass is 435 g/mol. The third kappa shape index (κ3) is 4.27. The highest BCUT2D eigenvalue weighted by atomic mass is 32.1. The molecule has 0 fully saturated rings. The minimum absolute atomic E-state index is 0.134. The second kappa shape index (κ2) is 8.81.